The summed E-state index contributed by atoms with van der Waals surface area (Å²) in [4.78, 5) is 11.2. The fourth-order valence-electron chi connectivity index (χ4n) is 4.55. The third-order valence-corrected chi connectivity index (χ3v) is 6.27. The highest BCUT2D eigenvalue weighted by Gasteiger charge is 2.30. The molecular weight excluding hydrogens is 436 g/mol. The van der Waals surface area contributed by atoms with Gasteiger partial charge < -0.3 is 4.90 Å². The highest BCUT2D eigenvalue weighted by atomic mass is 19.1. The Morgan fingerprint density at radius 2 is 1.88 bits per heavy atom. The Labute approximate surface area is 194 Å². The Morgan fingerprint density at radius 3 is 2.74 bits per heavy atom. The summed E-state index contributed by atoms with van der Waals surface area (Å²) in [6, 6.07) is 9.16. The molecule has 4 aromatic heterocycles. The van der Waals surface area contributed by atoms with Crippen LogP contribution >= 0.6 is 0 Å². The number of rotatable bonds is 4. The van der Waals surface area contributed by atoms with Crippen molar-refractivity contribution in [1.82, 2.24) is 29.4 Å². The van der Waals surface area contributed by atoms with E-state index in [1.807, 2.05) is 48.6 Å². The largest absolute Gasteiger partial charge is 0.349 e. The van der Waals surface area contributed by atoms with Crippen LogP contribution in [0.4, 0.5) is 14.6 Å². The van der Waals surface area contributed by atoms with Crippen molar-refractivity contribution in [2.75, 3.05) is 11.4 Å². The normalized spacial score (nSPS) is 16.0. The Balaban J connectivity index is 1.37. The van der Waals surface area contributed by atoms with Crippen molar-refractivity contribution in [1.29, 1.82) is 0 Å². The second-order valence-electron chi connectivity index (χ2n) is 8.46. The van der Waals surface area contributed by atoms with Gasteiger partial charge in [0.2, 0.25) is 0 Å². The van der Waals surface area contributed by atoms with Gasteiger partial charge in [0.15, 0.2) is 5.65 Å². The van der Waals surface area contributed by atoms with E-state index in [9.17, 15) is 8.78 Å². The zero-order valence-electron chi connectivity index (χ0n) is 18.4. The topological polar surface area (TPSA) is 64.1 Å². The van der Waals surface area contributed by atoms with Crippen molar-refractivity contribution in [2.45, 2.75) is 25.8 Å². The van der Waals surface area contributed by atoms with Gasteiger partial charge in [0.25, 0.3) is 0 Å². The van der Waals surface area contributed by atoms with Crippen LogP contribution in [0.15, 0.2) is 67.4 Å². The molecule has 6 rings (SSSR count). The smallest absolute Gasteiger partial charge is 0.183 e. The van der Waals surface area contributed by atoms with Crippen LogP contribution in [-0.2, 0) is 0 Å². The third kappa shape index (κ3) is 3.49. The molecule has 0 N–H and O–H groups in total. The molecule has 0 unspecified atom stereocenters. The third-order valence-electron chi connectivity index (χ3n) is 6.27. The summed E-state index contributed by atoms with van der Waals surface area (Å²) >= 11 is 0. The summed E-state index contributed by atoms with van der Waals surface area (Å²) < 4.78 is 31.8. The first-order chi connectivity index (χ1) is 16.6. The first-order valence-corrected chi connectivity index (χ1v) is 11.1. The summed E-state index contributed by atoms with van der Waals surface area (Å²) in [6.45, 7) is 2.66. The molecule has 0 spiro atoms. The lowest BCUT2D eigenvalue weighted by atomic mass is 10.0. The molecule has 170 valence electrons. The van der Waals surface area contributed by atoms with E-state index in [2.05, 4.69) is 15.2 Å². The van der Waals surface area contributed by atoms with E-state index < -0.39 is 11.6 Å². The summed E-state index contributed by atoms with van der Waals surface area (Å²) in [7, 11) is 0. The molecule has 0 amide bonds. The summed E-state index contributed by atoms with van der Waals surface area (Å²) in [5.41, 5.74) is 4.56. The number of halogens is 2. The van der Waals surface area contributed by atoms with Crippen molar-refractivity contribution in [3.8, 4) is 16.8 Å². The molecule has 1 saturated heterocycles. The lowest BCUT2D eigenvalue weighted by molar-refractivity contribution is 0.560. The SMILES string of the molecule is Cc1ccc(-c2cnn(-c3cnn4ccc(N5CCC[C@H]5c5cc(F)ccc5F)nc34)c2)cn1. The minimum Gasteiger partial charge on any atom is -0.349 e. The number of benzene rings is 1. The monoisotopic (exact) mass is 457 g/mol. The van der Waals surface area contributed by atoms with Crippen molar-refractivity contribution >= 4 is 11.5 Å². The molecule has 7 nitrogen and oxygen atoms in total. The number of pyridine rings is 1. The van der Waals surface area contributed by atoms with Crippen molar-refractivity contribution in [2.24, 2.45) is 0 Å². The van der Waals surface area contributed by atoms with Crippen LogP contribution in [0.2, 0.25) is 0 Å². The number of aryl methyl sites for hydroxylation is 1. The van der Waals surface area contributed by atoms with Gasteiger partial charge in [-0.2, -0.15) is 10.2 Å². The van der Waals surface area contributed by atoms with E-state index in [4.69, 9.17) is 4.98 Å². The van der Waals surface area contributed by atoms with Crippen LogP contribution in [0.1, 0.15) is 30.1 Å². The molecule has 1 aromatic carbocycles. The quantitative estimate of drug-likeness (QED) is 0.384. The maximum atomic E-state index is 14.5. The fraction of sp³-hybridized carbons (Fsp3) is 0.200. The number of hydrogen-bond acceptors (Lipinski definition) is 5. The second-order valence-corrected chi connectivity index (χ2v) is 8.46. The predicted molar refractivity (Wildman–Crippen MR) is 124 cm³/mol. The Bertz CT molecular complexity index is 1490. The van der Waals surface area contributed by atoms with Gasteiger partial charge in [-0.3, -0.25) is 4.98 Å². The van der Waals surface area contributed by atoms with Crippen LogP contribution in [0.5, 0.6) is 0 Å². The highest BCUT2D eigenvalue weighted by Crippen LogP contribution is 2.37. The summed E-state index contributed by atoms with van der Waals surface area (Å²) in [6.07, 6.45) is 10.7. The van der Waals surface area contributed by atoms with Gasteiger partial charge in [-0.25, -0.2) is 23.0 Å². The highest BCUT2D eigenvalue weighted by molar-refractivity contribution is 5.65. The second kappa shape index (κ2) is 8.02. The first kappa shape index (κ1) is 20.5. The number of aromatic nitrogens is 6. The van der Waals surface area contributed by atoms with Gasteiger partial charge in [0, 0.05) is 47.5 Å². The molecule has 5 heterocycles. The van der Waals surface area contributed by atoms with E-state index >= 15 is 0 Å². The number of anilines is 1. The van der Waals surface area contributed by atoms with Crippen molar-refractivity contribution in [3.05, 3.63) is 90.3 Å². The van der Waals surface area contributed by atoms with Crippen LogP contribution < -0.4 is 4.90 Å². The van der Waals surface area contributed by atoms with E-state index in [1.165, 1.54) is 12.1 Å². The lowest BCUT2D eigenvalue weighted by Crippen LogP contribution is -2.24. The molecule has 9 heteroatoms. The summed E-state index contributed by atoms with van der Waals surface area (Å²) in [5, 5.41) is 8.92. The van der Waals surface area contributed by atoms with Crippen LogP contribution in [0.3, 0.4) is 0 Å². The van der Waals surface area contributed by atoms with Crippen LogP contribution in [-0.4, -0.2) is 35.9 Å². The molecule has 34 heavy (non-hydrogen) atoms. The first-order valence-electron chi connectivity index (χ1n) is 11.1. The van der Waals surface area contributed by atoms with E-state index in [-0.39, 0.29) is 6.04 Å². The molecule has 1 atom stereocenters. The van der Waals surface area contributed by atoms with Crippen LogP contribution in [0, 0.1) is 18.6 Å². The van der Waals surface area contributed by atoms with Gasteiger partial charge >= 0.3 is 0 Å². The molecule has 0 radical (unpaired) electrons. The maximum Gasteiger partial charge on any atom is 0.183 e. The molecule has 5 aromatic rings. The molecule has 0 aliphatic carbocycles. The van der Waals surface area contributed by atoms with Crippen molar-refractivity contribution < 1.29 is 8.78 Å². The van der Waals surface area contributed by atoms with Gasteiger partial charge in [-0.15, -0.1) is 0 Å². The van der Waals surface area contributed by atoms with E-state index in [0.29, 0.717) is 23.6 Å². The maximum absolute atomic E-state index is 14.5. The number of hydrogen-bond donors (Lipinski definition) is 0. The van der Waals surface area contributed by atoms with Crippen molar-refractivity contribution in [3.63, 3.8) is 0 Å². The Morgan fingerprint density at radius 1 is 0.971 bits per heavy atom. The zero-order valence-corrected chi connectivity index (χ0v) is 18.4. The average molecular weight is 457 g/mol. The zero-order chi connectivity index (χ0) is 23.2. The van der Waals surface area contributed by atoms with Crippen LogP contribution in [0.25, 0.3) is 22.5 Å². The molecule has 1 aliphatic rings. The van der Waals surface area contributed by atoms with E-state index in [1.54, 1.807) is 21.6 Å². The Kier molecular flexibility index (Phi) is 4.83. The molecule has 0 bridgehead atoms. The van der Waals surface area contributed by atoms with E-state index in [0.717, 1.165) is 41.4 Å². The summed E-state index contributed by atoms with van der Waals surface area (Å²) in [5.74, 6) is -0.155. The molecule has 0 saturated carbocycles. The van der Waals surface area contributed by atoms with Gasteiger partial charge in [-0.1, -0.05) is 6.07 Å². The predicted octanol–water partition coefficient (Wildman–Crippen LogP) is 4.91. The fourth-order valence-corrected chi connectivity index (χ4v) is 4.55. The average Bonchev–Trinajstić information content (AvgIpc) is 3.60. The van der Waals surface area contributed by atoms with Gasteiger partial charge in [0.05, 0.1) is 18.4 Å². The van der Waals surface area contributed by atoms with Gasteiger partial charge in [-0.05, 0) is 50.1 Å². The minimum atomic E-state index is -0.442. The van der Waals surface area contributed by atoms with Gasteiger partial charge in [0.1, 0.15) is 23.1 Å². The molecular formula is C25H21F2N7. The number of nitrogens with zero attached hydrogens (tertiary/aromatic N) is 7. The lowest BCUT2D eigenvalue weighted by Gasteiger charge is -2.26. The minimum absolute atomic E-state index is 0.276. The molecule has 1 aliphatic heterocycles. The number of fused-ring (bicyclic) bond motifs is 1. The standard InChI is InChI=1S/C25H21F2N7/c1-16-4-5-17(12-28-16)18-13-29-34(15-18)23-14-30-33-10-8-24(31-25(23)33)32-9-2-3-22(32)20-11-19(26)6-7-21(20)27/h4-8,10-15,22H,2-3,9H2,1H3/t22-/m0/s1. The Hall–Kier alpha value is -4.14. The molecule has 1 fully saturated rings.